The maximum Gasteiger partial charge on any atom is 0.0360 e. The summed E-state index contributed by atoms with van der Waals surface area (Å²) in [5.74, 6) is 0. The summed E-state index contributed by atoms with van der Waals surface area (Å²) in [5, 5.41) is 4.24. The van der Waals surface area contributed by atoms with Gasteiger partial charge in [0, 0.05) is 25.4 Å². The van der Waals surface area contributed by atoms with Gasteiger partial charge in [0.25, 0.3) is 0 Å². The van der Waals surface area contributed by atoms with Crippen LogP contribution in [0.5, 0.6) is 0 Å². The molecule has 0 aliphatic heterocycles. The molecule has 84 valence electrons. The Morgan fingerprint density at radius 3 is 2.12 bits per heavy atom. The molecule has 3 aromatic rings. The van der Waals surface area contributed by atoms with E-state index in [9.17, 15) is 0 Å². The average molecular weight is 321 g/mol. The van der Waals surface area contributed by atoms with Crippen molar-refractivity contribution < 1.29 is 0 Å². The molecule has 0 fully saturated rings. The molecule has 3 rings (SSSR count). The van der Waals surface area contributed by atoms with Crippen LogP contribution in [0, 0.1) is 0 Å². The molecule has 2 heterocycles. The Morgan fingerprint density at radius 2 is 1.47 bits per heavy atom. The van der Waals surface area contributed by atoms with E-state index in [0.29, 0.717) is 0 Å². The standard InChI is InChI=1S/C14H9BrS2/c15-11-5-1-4-10(12-6-2-8-16-12)14(11)13-7-3-9-17-13/h1-9H. The fourth-order valence-electron chi connectivity index (χ4n) is 1.83. The molecule has 1 aromatic carbocycles. The number of benzene rings is 1. The highest BCUT2D eigenvalue weighted by atomic mass is 79.9. The Kier molecular flexibility index (Phi) is 3.14. The number of rotatable bonds is 2. The van der Waals surface area contributed by atoms with E-state index in [1.54, 1.807) is 22.7 Å². The second-order valence-corrected chi connectivity index (χ2v) is 6.37. The molecule has 0 radical (unpaired) electrons. The molecule has 0 saturated heterocycles. The summed E-state index contributed by atoms with van der Waals surface area (Å²) in [7, 11) is 0. The lowest BCUT2D eigenvalue weighted by Crippen LogP contribution is -1.81. The number of hydrogen-bond acceptors (Lipinski definition) is 2. The van der Waals surface area contributed by atoms with Crippen molar-refractivity contribution in [3.63, 3.8) is 0 Å². The van der Waals surface area contributed by atoms with Gasteiger partial charge in [-0.1, -0.05) is 40.2 Å². The fraction of sp³-hybridized carbons (Fsp3) is 0. The first kappa shape index (κ1) is 11.2. The SMILES string of the molecule is Brc1cccc(-c2cccs2)c1-c1cccs1. The number of thiophene rings is 2. The summed E-state index contributed by atoms with van der Waals surface area (Å²) in [5.41, 5.74) is 2.60. The van der Waals surface area contributed by atoms with Crippen molar-refractivity contribution in [3.8, 4) is 20.9 Å². The minimum Gasteiger partial charge on any atom is -0.144 e. The largest absolute Gasteiger partial charge is 0.144 e. The monoisotopic (exact) mass is 320 g/mol. The van der Waals surface area contributed by atoms with Crippen LogP contribution in [0.1, 0.15) is 0 Å². The summed E-state index contributed by atoms with van der Waals surface area (Å²) in [4.78, 5) is 2.62. The van der Waals surface area contributed by atoms with Gasteiger partial charge in [0.2, 0.25) is 0 Å². The summed E-state index contributed by atoms with van der Waals surface area (Å²) in [6.07, 6.45) is 0. The average Bonchev–Trinajstić information content (AvgIpc) is 3.02. The van der Waals surface area contributed by atoms with Crippen LogP contribution in [-0.2, 0) is 0 Å². The van der Waals surface area contributed by atoms with Crippen LogP contribution < -0.4 is 0 Å². The van der Waals surface area contributed by atoms with E-state index in [-0.39, 0.29) is 0 Å². The van der Waals surface area contributed by atoms with E-state index in [4.69, 9.17) is 0 Å². The zero-order chi connectivity index (χ0) is 11.7. The van der Waals surface area contributed by atoms with E-state index in [2.05, 4.69) is 69.2 Å². The lowest BCUT2D eigenvalue weighted by Gasteiger charge is -2.08. The van der Waals surface area contributed by atoms with Crippen molar-refractivity contribution in [2.45, 2.75) is 0 Å². The van der Waals surface area contributed by atoms with Crippen molar-refractivity contribution in [2.75, 3.05) is 0 Å². The van der Waals surface area contributed by atoms with E-state index in [0.717, 1.165) is 4.47 Å². The lowest BCUT2D eigenvalue weighted by molar-refractivity contribution is 1.64. The Morgan fingerprint density at radius 1 is 0.765 bits per heavy atom. The van der Waals surface area contributed by atoms with Crippen molar-refractivity contribution in [3.05, 3.63) is 57.7 Å². The predicted octanol–water partition coefficient (Wildman–Crippen LogP) is 5.91. The smallest absolute Gasteiger partial charge is 0.0360 e. The molecule has 0 nitrogen and oxygen atoms in total. The van der Waals surface area contributed by atoms with Crippen LogP contribution in [-0.4, -0.2) is 0 Å². The van der Waals surface area contributed by atoms with Crippen molar-refractivity contribution in [2.24, 2.45) is 0 Å². The topological polar surface area (TPSA) is 0 Å². The minimum absolute atomic E-state index is 1.16. The van der Waals surface area contributed by atoms with Crippen molar-refractivity contribution in [1.82, 2.24) is 0 Å². The lowest BCUT2D eigenvalue weighted by atomic mass is 10.0. The van der Waals surface area contributed by atoms with Crippen LogP contribution >= 0.6 is 38.6 Å². The van der Waals surface area contributed by atoms with Gasteiger partial charge in [-0.05, 0) is 29.0 Å². The van der Waals surface area contributed by atoms with Crippen LogP contribution in [0.15, 0.2) is 57.7 Å². The molecular formula is C14H9BrS2. The van der Waals surface area contributed by atoms with E-state index in [1.165, 1.54) is 20.9 Å². The summed E-state index contributed by atoms with van der Waals surface area (Å²) >= 11 is 7.22. The molecule has 0 saturated carbocycles. The molecular weight excluding hydrogens is 312 g/mol. The Labute approximate surface area is 117 Å². The Balaban J connectivity index is 2.26. The van der Waals surface area contributed by atoms with E-state index < -0.39 is 0 Å². The van der Waals surface area contributed by atoms with Gasteiger partial charge in [-0.2, -0.15) is 0 Å². The minimum atomic E-state index is 1.16. The molecule has 2 aromatic heterocycles. The molecule has 0 spiro atoms. The molecule has 0 amide bonds. The van der Waals surface area contributed by atoms with Gasteiger partial charge in [-0.15, -0.1) is 22.7 Å². The van der Waals surface area contributed by atoms with Crippen molar-refractivity contribution in [1.29, 1.82) is 0 Å². The first-order valence-corrected chi connectivity index (χ1v) is 7.78. The van der Waals surface area contributed by atoms with Gasteiger partial charge < -0.3 is 0 Å². The normalized spacial score (nSPS) is 10.6. The number of halogens is 1. The summed E-state index contributed by atoms with van der Waals surface area (Å²) in [6.45, 7) is 0. The highest BCUT2D eigenvalue weighted by molar-refractivity contribution is 9.10. The predicted molar refractivity (Wildman–Crippen MR) is 80.8 cm³/mol. The first-order valence-electron chi connectivity index (χ1n) is 5.22. The van der Waals surface area contributed by atoms with Gasteiger partial charge in [-0.3, -0.25) is 0 Å². The van der Waals surface area contributed by atoms with Crippen molar-refractivity contribution >= 4 is 38.6 Å². The molecule has 0 atom stereocenters. The highest BCUT2D eigenvalue weighted by Gasteiger charge is 2.12. The molecule has 0 bridgehead atoms. The third kappa shape index (κ3) is 2.10. The summed E-state index contributed by atoms with van der Waals surface area (Å²) in [6, 6.07) is 14.9. The quantitative estimate of drug-likeness (QED) is 0.551. The summed E-state index contributed by atoms with van der Waals surface area (Å²) < 4.78 is 1.16. The Hall–Kier alpha value is -0.900. The molecule has 17 heavy (non-hydrogen) atoms. The van der Waals surface area contributed by atoms with E-state index in [1.807, 2.05) is 0 Å². The second-order valence-electron chi connectivity index (χ2n) is 3.62. The second kappa shape index (κ2) is 4.77. The van der Waals surface area contributed by atoms with Crippen LogP contribution in [0.25, 0.3) is 20.9 Å². The molecule has 0 N–H and O–H groups in total. The van der Waals surface area contributed by atoms with Gasteiger partial charge in [-0.25, -0.2) is 0 Å². The zero-order valence-corrected chi connectivity index (χ0v) is 12.1. The highest BCUT2D eigenvalue weighted by Crippen LogP contribution is 2.40. The first-order chi connectivity index (χ1) is 8.36. The van der Waals surface area contributed by atoms with Gasteiger partial charge in [0.1, 0.15) is 0 Å². The maximum absolute atomic E-state index is 3.67. The van der Waals surface area contributed by atoms with Gasteiger partial charge >= 0.3 is 0 Å². The van der Waals surface area contributed by atoms with Gasteiger partial charge in [0.05, 0.1) is 0 Å². The van der Waals surface area contributed by atoms with Gasteiger partial charge in [0.15, 0.2) is 0 Å². The van der Waals surface area contributed by atoms with Crippen LogP contribution in [0.2, 0.25) is 0 Å². The van der Waals surface area contributed by atoms with Crippen LogP contribution in [0.3, 0.4) is 0 Å². The third-order valence-electron chi connectivity index (χ3n) is 2.57. The molecule has 0 aliphatic rings. The Bertz CT molecular complexity index is 610. The number of hydrogen-bond donors (Lipinski definition) is 0. The molecule has 3 heteroatoms. The third-order valence-corrected chi connectivity index (χ3v) is 5.02. The molecule has 0 unspecified atom stereocenters. The maximum atomic E-state index is 3.67. The zero-order valence-electron chi connectivity index (χ0n) is 8.89. The molecule has 0 aliphatic carbocycles. The fourth-order valence-corrected chi connectivity index (χ4v) is 4.10. The van der Waals surface area contributed by atoms with Crippen LogP contribution in [0.4, 0.5) is 0 Å². The van der Waals surface area contributed by atoms with E-state index >= 15 is 0 Å².